The molecule has 0 amide bonds. The van der Waals surface area contributed by atoms with E-state index in [1.165, 1.54) is 19.3 Å². The van der Waals surface area contributed by atoms with Gasteiger partial charge in [-0.05, 0) is 30.7 Å². The summed E-state index contributed by atoms with van der Waals surface area (Å²) in [5.74, 6) is 1.74. The first kappa shape index (κ1) is 13.1. The van der Waals surface area contributed by atoms with Gasteiger partial charge in [-0.3, -0.25) is 0 Å². The first-order valence-electron chi connectivity index (χ1n) is 6.76. The molecule has 0 spiro atoms. The summed E-state index contributed by atoms with van der Waals surface area (Å²) in [4.78, 5) is 4.45. The number of aromatic nitrogens is 2. The molecule has 0 bridgehead atoms. The number of hydrogen-bond donors (Lipinski definition) is 1. The molecular weight excluding hydrogens is 278 g/mol. The number of halogens is 1. The molecule has 1 heterocycles. The fourth-order valence-corrected chi connectivity index (χ4v) is 4.51. The second-order valence-corrected chi connectivity index (χ2v) is 6.86. The fourth-order valence-electron chi connectivity index (χ4n) is 3.06. The lowest BCUT2D eigenvalue weighted by Crippen LogP contribution is -2.18. The molecule has 0 saturated heterocycles. The van der Waals surface area contributed by atoms with Crippen LogP contribution in [-0.2, 0) is 0 Å². The minimum absolute atomic E-state index is 0.452. The van der Waals surface area contributed by atoms with E-state index in [2.05, 4.69) is 22.5 Å². The molecule has 19 heavy (non-hydrogen) atoms. The lowest BCUT2D eigenvalue weighted by atomic mass is 10.2. The van der Waals surface area contributed by atoms with Crippen LogP contribution in [0.3, 0.4) is 0 Å². The van der Waals surface area contributed by atoms with Gasteiger partial charge in [0.2, 0.25) is 5.95 Å². The van der Waals surface area contributed by atoms with Crippen LogP contribution in [0.25, 0.3) is 11.0 Å². The molecule has 1 aromatic heterocycles. The third kappa shape index (κ3) is 2.21. The Balaban J connectivity index is 2.09. The topological polar surface area (TPSA) is 43.8 Å². The Labute approximate surface area is 122 Å². The van der Waals surface area contributed by atoms with Crippen LogP contribution >= 0.6 is 23.4 Å². The maximum atomic E-state index is 6.21. The van der Waals surface area contributed by atoms with Gasteiger partial charge >= 0.3 is 0 Å². The molecule has 0 radical (unpaired) electrons. The van der Waals surface area contributed by atoms with Crippen molar-refractivity contribution in [2.45, 2.75) is 37.5 Å². The SMILES string of the molecule is CCSC1CCCC1n1c(N)nc2c(Cl)cccc21. The van der Waals surface area contributed by atoms with Crippen LogP contribution in [0.1, 0.15) is 32.2 Å². The second-order valence-electron chi connectivity index (χ2n) is 4.94. The number of rotatable bonds is 3. The van der Waals surface area contributed by atoms with Crippen molar-refractivity contribution in [3.63, 3.8) is 0 Å². The minimum Gasteiger partial charge on any atom is -0.369 e. The highest BCUT2D eigenvalue weighted by molar-refractivity contribution is 7.99. The van der Waals surface area contributed by atoms with Crippen LogP contribution in [0.2, 0.25) is 5.02 Å². The van der Waals surface area contributed by atoms with Crippen molar-refractivity contribution in [1.29, 1.82) is 0 Å². The Hall–Kier alpha value is -0.870. The number of nitrogens with two attached hydrogens (primary N) is 1. The first-order chi connectivity index (χ1) is 9.22. The Bertz CT molecular complexity index is 596. The van der Waals surface area contributed by atoms with Crippen molar-refractivity contribution in [2.75, 3.05) is 11.5 Å². The van der Waals surface area contributed by atoms with E-state index in [1.54, 1.807) is 0 Å². The van der Waals surface area contributed by atoms with Gasteiger partial charge < -0.3 is 10.3 Å². The molecule has 2 unspecified atom stereocenters. The number of thioether (sulfide) groups is 1. The van der Waals surface area contributed by atoms with Crippen LogP contribution in [0, 0.1) is 0 Å². The van der Waals surface area contributed by atoms with Crippen LogP contribution in [0.4, 0.5) is 5.95 Å². The molecule has 2 N–H and O–H groups in total. The number of nitrogens with zero attached hydrogens (tertiary/aromatic N) is 2. The third-order valence-corrected chi connectivity index (χ3v) is 5.44. The van der Waals surface area contributed by atoms with Gasteiger partial charge in [-0.2, -0.15) is 11.8 Å². The van der Waals surface area contributed by atoms with Gasteiger partial charge in [0.25, 0.3) is 0 Å². The summed E-state index contributed by atoms with van der Waals surface area (Å²) in [6.07, 6.45) is 3.71. The Morgan fingerprint density at radius 2 is 2.32 bits per heavy atom. The normalized spacial score (nSPS) is 23.3. The van der Waals surface area contributed by atoms with Gasteiger partial charge in [-0.1, -0.05) is 31.0 Å². The number of imidazole rings is 1. The predicted molar refractivity (Wildman–Crippen MR) is 84.0 cm³/mol. The molecular formula is C14H18ClN3S. The van der Waals surface area contributed by atoms with E-state index in [-0.39, 0.29) is 0 Å². The summed E-state index contributed by atoms with van der Waals surface area (Å²) < 4.78 is 2.20. The average molecular weight is 296 g/mol. The summed E-state index contributed by atoms with van der Waals surface area (Å²) in [5.41, 5.74) is 8.04. The molecule has 1 saturated carbocycles. The van der Waals surface area contributed by atoms with Crippen molar-refractivity contribution < 1.29 is 0 Å². The largest absolute Gasteiger partial charge is 0.369 e. The number of hydrogen-bond acceptors (Lipinski definition) is 3. The molecule has 0 aliphatic heterocycles. The van der Waals surface area contributed by atoms with E-state index in [1.807, 2.05) is 23.9 Å². The number of fused-ring (bicyclic) bond motifs is 1. The van der Waals surface area contributed by atoms with Gasteiger partial charge in [0, 0.05) is 11.3 Å². The van der Waals surface area contributed by atoms with Gasteiger partial charge in [0.05, 0.1) is 10.5 Å². The van der Waals surface area contributed by atoms with E-state index >= 15 is 0 Å². The molecule has 3 rings (SSSR count). The summed E-state index contributed by atoms with van der Waals surface area (Å²) in [6.45, 7) is 2.21. The maximum Gasteiger partial charge on any atom is 0.201 e. The molecule has 1 aromatic carbocycles. The van der Waals surface area contributed by atoms with Crippen molar-refractivity contribution in [1.82, 2.24) is 9.55 Å². The van der Waals surface area contributed by atoms with E-state index in [9.17, 15) is 0 Å². The van der Waals surface area contributed by atoms with E-state index in [4.69, 9.17) is 17.3 Å². The highest BCUT2D eigenvalue weighted by Gasteiger charge is 2.31. The highest BCUT2D eigenvalue weighted by atomic mass is 35.5. The molecule has 1 aliphatic carbocycles. The molecule has 2 atom stereocenters. The van der Waals surface area contributed by atoms with Gasteiger partial charge in [0.1, 0.15) is 5.52 Å². The Morgan fingerprint density at radius 3 is 3.11 bits per heavy atom. The quantitative estimate of drug-likeness (QED) is 0.926. The summed E-state index contributed by atoms with van der Waals surface area (Å²) >= 11 is 8.24. The zero-order valence-corrected chi connectivity index (χ0v) is 12.5. The lowest BCUT2D eigenvalue weighted by Gasteiger charge is -2.22. The maximum absolute atomic E-state index is 6.21. The number of para-hydroxylation sites is 1. The standard InChI is InChI=1S/C14H18ClN3S/c1-2-19-12-8-4-6-10(12)18-11-7-3-5-9(15)13(11)17-14(18)16/h3,5,7,10,12H,2,4,6,8H2,1H3,(H2,16,17). The van der Waals surface area contributed by atoms with Crippen molar-refractivity contribution in [3.05, 3.63) is 23.2 Å². The van der Waals surface area contributed by atoms with Crippen LogP contribution < -0.4 is 5.73 Å². The molecule has 1 aliphatic rings. The Morgan fingerprint density at radius 1 is 1.47 bits per heavy atom. The minimum atomic E-state index is 0.452. The summed E-state index contributed by atoms with van der Waals surface area (Å²) in [7, 11) is 0. The van der Waals surface area contributed by atoms with E-state index in [0.717, 1.165) is 16.8 Å². The first-order valence-corrected chi connectivity index (χ1v) is 8.18. The molecule has 3 nitrogen and oxygen atoms in total. The van der Waals surface area contributed by atoms with Crippen molar-refractivity contribution in [3.8, 4) is 0 Å². The number of benzene rings is 1. The number of anilines is 1. The van der Waals surface area contributed by atoms with Gasteiger partial charge in [-0.15, -0.1) is 0 Å². The molecule has 2 aromatic rings. The van der Waals surface area contributed by atoms with Crippen molar-refractivity contribution >= 4 is 40.3 Å². The van der Waals surface area contributed by atoms with Gasteiger partial charge in [0.15, 0.2) is 0 Å². The van der Waals surface area contributed by atoms with Crippen LogP contribution in [0.5, 0.6) is 0 Å². The molecule has 5 heteroatoms. The van der Waals surface area contributed by atoms with E-state index < -0.39 is 0 Å². The third-order valence-electron chi connectivity index (χ3n) is 3.83. The lowest BCUT2D eigenvalue weighted by molar-refractivity contribution is 0.549. The van der Waals surface area contributed by atoms with Crippen molar-refractivity contribution in [2.24, 2.45) is 0 Å². The molecule has 102 valence electrons. The van der Waals surface area contributed by atoms with Gasteiger partial charge in [-0.25, -0.2) is 4.98 Å². The van der Waals surface area contributed by atoms with Crippen LogP contribution in [0.15, 0.2) is 18.2 Å². The van der Waals surface area contributed by atoms with E-state index in [0.29, 0.717) is 22.3 Å². The zero-order chi connectivity index (χ0) is 13.4. The smallest absolute Gasteiger partial charge is 0.201 e. The number of nitrogen functional groups attached to an aromatic ring is 1. The van der Waals surface area contributed by atoms with Crippen LogP contribution in [-0.4, -0.2) is 20.6 Å². The molecule has 1 fully saturated rings. The predicted octanol–water partition coefficient (Wildman–Crippen LogP) is 4.12. The summed E-state index contributed by atoms with van der Waals surface area (Å²) in [6, 6.07) is 6.36. The zero-order valence-electron chi connectivity index (χ0n) is 11.0. The monoisotopic (exact) mass is 295 g/mol. The highest BCUT2D eigenvalue weighted by Crippen LogP contribution is 2.41. The summed E-state index contributed by atoms with van der Waals surface area (Å²) in [5, 5.41) is 1.32. The Kier molecular flexibility index (Phi) is 3.63. The average Bonchev–Trinajstić information content (AvgIpc) is 2.94. The fraction of sp³-hybridized carbons (Fsp3) is 0.500. The second kappa shape index (κ2) is 5.25.